The Hall–Kier alpha value is -4.25. The van der Waals surface area contributed by atoms with Crippen molar-refractivity contribution in [3.05, 3.63) is 108 Å². The quantitative estimate of drug-likeness (QED) is 0.412. The number of rotatable bonds is 3. The molecule has 0 fully saturated rings. The van der Waals surface area contributed by atoms with Crippen molar-refractivity contribution in [1.29, 1.82) is 0 Å². The maximum Gasteiger partial charge on any atom is 0.252 e. The first kappa shape index (κ1) is 18.5. The number of hydrogen-bond acceptors (Lipinski definition) is 3. The molecule has 0 bridgehead atoms. The third kappa shape index (κ3) is 2.82. The normalized spacial score (nSPS) is 14.2. The molecule has 0 saturated heterocycles. The Morgan fingerprint density at radius 1 is 0.906 bits per heavy atom. The fourth-order valence-corrected chi connectivity index (χ4v) is 4.73. The van der Waals surface area contributed by atoms with E-state index in [4.69, 9.17) is 0 Å². The minimum atomic E-state index is -0.223. The standard InChI is InChI=1S/C27H20N4O/c1-16-15-17(9-12-28-16)18-7-4-8-23-24(18)19-5-2-3-6-20(19)25(23)31-27(32)22-11-14-30-26-21(22)10-13-29-26/h2-15,25H,1H3,(H,29,30)(H,31,32). The predicted molar refractivity (Wildman–Crippen MR) is 125 cm³/mol. The van der Waals surface area contributed by atoms with Gasteiger partial charge in [-0.2, -0.15) is 0 Å². The van der Waals surface area contributed by atoms with Crippen LogP contribution in [0.5, 0.6) is 0 Å². The van der Waals surface area contributed by atoms with Crippen LogP contribution in [0.25, 0.3) is 33.3 Å². The Kier molecular flexibility index (Phi) is 4.15. The molecule has 0 saturated carbocycles. The minimum absolute atomic E-state index is 0.116. The van der Waals surface area contributed by atoms with Gasteiger partial charge >= 0.3 is 0 Å². The molecule has 1 unspecified atom stereocenters. The summed E-state index contributed by atoms with van der Waals surface area (Å²) in [6, 6.07) is 22.2. The van der Waals surface area contributed by atoms with Crippen molar-refractivity contribution in [3.63, 3.8) is 0 Å². The number of aromatic amines is 1. The number of carbonyl (C=O) groups excluding carboxylic acids is 1. The Morgan fingerprint density at radius 2 is 1.72 bits per heavy atom. The molecule has 1 amide bonds. The van der Waals surface area contributed by atoms with Gasteiger partial charge in [0.2, 0.25) is 0 Å². The average molecular weight is 416 g/mol. The topological polar surface area (TPSA) is 70.7 Å². The number of pyridine rings is 2. The van der Waals surface area contributed by atoms with E-state index in [2.05, 4.69) is 56.7 Å². The summed E-state index contributed by atoms with van der Waals surface area (Å²) in [7, 11) is 0. The lowest BCUT2D eigenvalue weighted by molar-refractivity contribution is 0.0945. The summed E-state index contributed by atoms with van der Waals surface area (Å²) in [4.78, 5) is 25.1. The number of H-pyrrole nitrogens is 1. The molecule has 1 aliphatic rings. The fraction of sp³-hybridized carbons (Fsp3) is 0.0741. The summed E-state index contributed by atoms with van der Waals surface area (Å²) in [5.41, 5.74) is 9.10. The molecule has 2 aromatic carbocycles. The summed E-state index contributed by atoms with van der Waals surface area (Å²) < 4.78 is 0. The van der Waals surface area contributed by atoms with E-state index in [9.17, 15) is 4.79 Å². The highest BCUT2D eigenvalue weighted by Crippen LogP contribution is 2.48. The molecule has 6 rings (SSSR count). The molecule has 5 heteroatoms. The van der Waals surface area contributed by atoms with Gasteiger partial charge in [-0.3, -0.25) is 9.78 Å². The second kappa shape index (κ2) is 7.17. The van der Waals surface area contributed by atoms with Gasteiger partial charge in [0.15, 0.2) is 0 Å². The molecule has 0 radical (unpaired) electrons. The summed E-state index contributed by atoms with van der Waals surface area (Å²) in [6.45, 7) is 2.00. The highest BCUT2D eigenvalue weighted by molar-refractivity contribution is 6.06. The summed E-state index contributed by atoms with van der Waals surface area (Å²) in [5.74, 6) is -0.116. The largest absolute Gasteiger partial charge is 0.346 e. The number of carbonyl (C=O) groups is 1. The molecule has 2 N–H and O–H groups in total. The van der Waals surface area contributed by atoms with Gasteiger partial charge in [-0.25, -0.2) is 4.98 Å². The van der Waals surface area contributed by atoms with Crippen LogP contribution in [0.1, 0.15) is 33.2 Å². The van der Waals surface area contributed by atoms with Crippen LogP contribution >= 0.6 is 0 Å². The SMILES string of the molecule is Cc1cc(-c2cccc3c2-c2ccccc2C3NC(=O)c2ccnc3[nH]ccc23)ccn1. The minimum Gasteiger partial charge on any atom is -0.346 e. The molecule has 5 aromatic rings. The smallest absolute Gasteiger partial charge is 0.252 e. The maximum absolute atomic E-state index is 13.4. The summed E-state index contributed by atoms with van der Waals surface area (Å²) in [6.07, 6.45) is 5.31. The first-order valence-electron chi connectivity index (χ1n) is 10.6. The first-order valence-corrected chi connectivity index (χ1v) is 10.6. The Balaban J connectivity index is 1.48. The van der Waals surface area contributed by atoms with Gasteiger partial charge in [0.25, 0.3) is 5.91 Å². The van der Waals surface area contributed by atoms with E-state index in [-0.39, 0.29) is 11.9 Å². The second-order valence-electron chi connectivity index (χ2n) is 8.05. The van der Waals surface area contributed by atoms with Crippen LogP contribution < -0.4 is 5.32 Å². The van der Waals surface area contributed by atoms with Gasteiger partial charge in [-0.1, -0.05) is 42.5 Å². The number of benzene rings is 2. The van der Waals surface area contributed by atoms with Crippen molar-refractivity contribution < 1.29 is 4.79 Å². The number of aryl methyl sites for hydroxylation is 1. The zero-order chi connectivity index (χ0) is 21.7. The fourth-order valence-electron chi connectivity index (χ4n) is 4.73. The highest BCUT2D eigenvalue weighted by atomic mass is 16.1. The first-order chi connectivity index (χ1) is 15.7. The van der Waals surface area contributed by atoms with Crippen LogP contribution in [0.2, 0.25) is 0 Å². The lowest BCUT2D eigenvalue weighted by atomic mass is 9.94. The molecule has 32 heavy (non-hydrogen) atoms. The lowest BCUT2D eigenvalue weighted by Gasteiger charge is -2.17. The highest BCUT2D eigenvalue weighted by Gasteiger charge is 2.32. The van der Waals surface area contributed by atoms with Gasteiger partial charge in [-0.15, -0.1) is 0 Å². The van der Waals surface area contributed by atoms with Crippen LogP contribution in [0.3, 0.4) is 0 Å². The lowest BCUT2D eigenvalue weighted by Crippen LogP contribution is -2.28. The van der Waals surface area contributed by atoms with Crippen LogP contribution in [-0.2, 0) is 0 Å². The molecule has 0 aliphatic heterocycles. The van der Waals surface area contributed by atoms with Crippen LogP contribution in [-0.4, -0.2) is 20.9 Å². The Labute approximate surface area is 185 Å². The molecular weight excluding hydrogens is 396 g/mol. The number of amides is 1. The molecule has 1 aliphatic carbocycles. The number of nitrogens with zero attached hydrogens (tertiary/aromatic N) is 2. The van der Waals surface area contributed by atoms with E-state index in [1.165, 1.54) is 5.56 Å². The van der Waals surface area contributed by atoms with E-state index in [0.717, 1.165) is 38.9 Å². The van der Waals surface area contributed by atoms with Crippen molar-refractivity contribution in [1.82, 2.24) is 20.3 Å². The third-order valence-electron chi connectivity index (χ3n) is 6.14. The van der Waals surface area contributed by atoms with E-state index in [1.54, 1.807) is 18.5 Å². The van der Waals surface area contributed by atoms with E-state index in [0.29, 0.717) is 11.2 Å². The Morgan fingerprint density at radius 3 is 2.62 bits per heavy atom. The van der Waals surface area contributed by atoms with Crippen molar-refractivity contribution >= 4 is 16.9 Å². The van der Waals surface area contributed by atoms with Crippen LogP contribution in [0.4, 0.5) is 0 Å². The van der Waals surface area contributed by atoms with Crippen molar-refractivity contribution in [2.24, 2.45) is 0 Å². The van der Waals surface area contributed by atoms with E-state index >= 15 is 0 Å². The van der Waals surface area contributed by atoms with Gasteiger partial charge in [-0.05, 0) is 64.6 Å². The molecule has 3 heterocycles. The van der Waals surface area contributed by atoms with E-state index in [1.807, 2.05) is 37.4 Å². The molecule has 1 atom stereocenters. The van der Waals surface area contributed by atoms with Gasteiger partial charge in [0, 0.05) is 29.7 Å². The predicted octanol–water partition coefficient (Wildman–Crippen LogP) is 5.43. The number of hydrogen-bond donors (Lipinski definition) is 2. The van der Waals surface area contributed by atoms with Gasteiger partial charge in [0.05, 0.1) is 11.6 Å². The molecule has 154 valence electrons. The van der Waals surface area contributed by atoms with Crippen LogP contribution in [0, 0.1) is 6.92 Å². The zero-order valence-corrected chi connectivity index (χ0v) is 17.5. The monoisotopic (exact) mass is 416 g/mol. The number of nitrogens with one attached hydrogen (secondary N) is 2. The van der Waals surface area contributed by atoms with E-state index < -0.39 is 0 Å². The molecular formula is C27H20N4O. The molecule has 0 spiro atoms. The number of fused-ring (bicyclic) bond motifs is 4. The molecule has 5 nitrogen and oxygen atoms in total. The molecule has 3 aromatic heterocycles. The third-order valence-corrected chi connectivity index (χ3v) is 6.14. The van der Waals surface area contributed by atoms with Gasteiger partial charge < -0.3 is 10.3 Å². The Bertz CT molecular complexity index is 1500. The van der Waals surface area contributed by atoms with Crippen molar-refractivity contribution in [2.45, 2.75) is 13.0 Å². The van der Waals surface area contributed by atoms with Gasteiger partial charge in [0.1, 0.15) is 5.65 Å². The van der Waals surface area contributed by atoms with Crippen LogP contribution in [0.15, 0.2) is 85.3 Å². The second-order valence-corrected chi connectivity index (χ2v) is 8.05. The zero-order valence-electron chi connectivity index (χ0n) is 17.5. The average Bonchev–Trinajstić information content (AvgIpc) is 3.42. The summed E-state index contributed by atoms with van der Waals surface area (Å²) >= 11 is 0. The van der Waals surface area contributed by atoms with Crippen molar-refractivity contribution in [3.8, 4) is 22.3 Å². The summed E-state index contributed by atoms with van der Waals surface area (Å²) in [5, 5.41) is 4.10. The maximum atomic E-state index is 13.4. The van der Waals surface area contributed by atoms with Crippen molar-refractivity contribution in [2.75, 3.05) is 0 Å². The number of aromatic nitrogens is 3.